The Kier molecular flexibility index (Phi) is 4.71. The summed E-state index contributed by atoms with van der Waals surface area (Å²) in [7, 11) is 0. The first-order valence-electron chi connectivity index (χ1n) is 8.56. The van der Waals surface area contributed by atoms with Gasteiger partial charge in [0.15, 0.2) is 0 Å². The van der Waals surface area contributed by atoms with Crippen LogP contribution in [0.2, 0.25) is 0 Å². The molecule has 1 atom stereocenters. The predicted octanol–water partition coefficient (Wildman–Crippen LogP) is 6.16. The number of allylic oxidation sites excluding steroid dienone is 3. The van der Waals surface area contributed by atoms with Crippen molar-refractivity contribution < 1.29 is 0 Å². The maximum Gasteiger partial charge on any atom is 0.0408 e. The zero-order valence-corrected chi connectivity index (χ0v) is 14.5. The van der Waals surface area contributed by atoms with Gasteiger partial charge in [0.05, 0.1) is 0 Å². The smallest absolute Gasteiger partial charge is 0.0408 e. The second kappa shape index (κ2) is 6.92. The highest BCUT2D eigenvalue weighted by Crippen LogP contribution is 2.34. The molecule has 2 aromatic carbocycles. The Bertz CT molecular complexity index is 752. The van der Waals surface area contributed by atoms with Gasteiger partial charge in [-0.3, -0.25) is 0 Å². The van der Waals surface area contributed by atoms with Gasteiger partial charge in [-0.05, 0) is 47.2 Å². The number of hydrogen-bond acceptors (Lipinski definition) is 1. The number of benzene rings is 2. The van der Waals surface area contributed by atoms with E-state index in [9.17, 15) is 0 Å². The summed E-state index contributed by atoms with van der Waals surface area (Å²) in [5.41, 5.74) is 7.01. The molecule has 3 rings (SSSR count). The minimum Gasteiger partial charge on any atom is -0.346 e. The topological polar surface area (TPSA) is 3.24 Å². The van der Waals surface area contributed by atoms with Gasteiger partial charge in [0.1, 0.15) is 0 Å². The first kappa shape index (κ1) is 16.3. The fourth-order valence-electron chi connectivity index (χ4n) is 3.26. The van der Waals surface area contributed by atoms with E-state index in [0.29, 0.717) is 0 Å². The van der Waals surface area contributed by atoms with Crippen LogP contribution >= 0.6 is 0 Å². The van der Waals surface area contributed by atoms with Crippen molar-refractivity contribution >= 4 is 16.8 Å². The number of nitrogens with zero attached hydrogens (tertiary/aromatic N) is 1. The van der Waals surface area contributed by atoms with Crippen LogP contribution in [0.1, 0.15) is 30.9 Å². The fraction of sp³-hybridized carbons (Fsp3) is 0.217. The molecule has 1 aliphatic heterocycles. The Morgan fingerprint density at radius 3 is 2.04 bits per heavy atom. The summed E-state index contributed by atoms with van der Waals surface area (Å²) >= 11 is 0. The molecule has 1 heterocycles. The monoisotopic (exact) mass is 315 g/mol. The highest BCUT2D eigenvalue weighted by atomic mass is 15.2. The molecular formula is C23H25N. The van der Waals surface area contributed by atoms with Crippen LogP contribution in [0.5, 0.6) is 0 Å². The van der Waals surface area contributed by atoms with Gasteiger partial charge in [0.2, 0.25) is 0 Å². The van der Waals surface area contributed by atoms with Crippen LogP contribution < -0.4 is 4.90 Å². The molecule has 0 aliphatic carbocycles. The van der Waals surface area contributed by atoms with Crippen molar-refractivity contribution in [2.24, 2.45) is 5.92 Å². The Balaban J connectivity index is 1.75. The number of anilines is 1. The molecule has 0 radical (unpaired) electrons. The molecule has 0 N–H and O–H groups in total. The molecule has 0 aromatic heterocycles. The molecule has 1 fully saturated rings. The summed E-state index contributed by atoms with van der Waals surface area (Å²) in [6.07, 6.45) is 2.30. The Labute approximate surface area is 145 Å². The summed E-state index contributed by atoms with van der Waals surface area (Å²) in [6, 6.07) is 19.0. The Hall–Kier alpha value is -2.54. The Morgan fingerprint density at radius 2 is 1.50 bits per heavy atom. The normalized spacial score (nSPS) is 15.4. The SMILES string of the molecule is C=C(c1ccccc1)C(C)C(=C)c1ccc(N2CCCC2=C)cc1. The van der Waals surface area contributed by atoms with Gasteiger partial charge >= 0.3 is 0 Å². The minimum atomic E-state index is 0.208. The van der Waals surface area contributed by atoms with Crippen LogP contribution in [-0.2, 0) is 0 Å². The van der Waals surface area contributed by atoms with Gasteiger partial charge in [-0.25, -0.2) is 0 Å². The lowest BCUT2D eigenvalue weighted by molar-refractivity contribution is 0.956. The first-order valence-corrected chi connectivity index (χ1v) is 8.56. The van der Waals surface area contributed by atoms with Crippen LogP contribution in [-0.4, -0.2) is 6.54 Å². The highest BCUT2D eigenvalue weighted by molar-refractivity contribution is 5.80. The standard InChI is InChI=1S/C23H25N/c1-17-9-8-16-24(17)23-14-12-22(13-15-23)20(4)18(2)19(3)21-10-6-5-7-11-21/h5-7,10-15,18H,1,3-4,8-9,16H2,2H3. The van der Waals surface area contributed by atoms with E-state index in [-0.39, 0.29) is 5.92 Å². The maximum atomic E-state index is 4.32. The molecular weight excluding hydrogens is 290 g/mol. The molecule has 1 unspecified atom stereocenters. The molecule has 0 spiro atoms. The van der Waals surface area contributed by atoms with Crippen molar-refractivity contribution in [2.45, 2.75) is 19.8 Å². The third-order valence-corrected chi connectivity index (χ3v) is 4.97. The lowest BCUT2D eigenvalue weighted by Crippen LogP contribution is -2.15. The number of rotatable bonds is 5. The molecule has 122 valence electrons. The van der Waals surface area contributed by atoms with Crippen molar-refractivity contribution in [3.8, 4) is 0 Å². The molecule has 0 bridgehead atoms. The Morgan fingerprint density at radius 1 is 0.917 bits per heavy atom. The summed E-state index contributed by atoms with van der Waals surface area (Å²) < 4.78 is 0. The van der Waals surface area contributed by atoms with Gasteiger partial charge in [-0.15, -0.1) is 0 Å². The van der Waals surface area contributed by atoms with E-state index < -0.39 is 0 Å². The number of hydrogen-bond donors (Lipinski definition) is 0. The summed E-state index contributed by atoms with van der Waals surface area (Å²) in [5.74, 6) is 0.208. The first-order chi connectivity index (χ1) is 11.6. The van der Waals surface area contributed by atoms with Crippen molar-refractivity contribution in [1.82, 2.24) is 0 Å². The average molecular weight is 315 g/mol. The summed E-state index contributed by atoms with van der Waals surface area (Å²) in [5, 5.41) is 0. The van der Waals surface area contributed by atoms with Crippen LogP contribution in [0.4, 0.5) is 5.69 Å². The van der Waals surface area contributed by atoms with E-state index in [1.807, 2.05) is 18.2 Å². The zero-order valence-electron chi connectivity index (χ0n) is 14.5. The van der Waals surface area contributed by atoms with Crippen LogP contribution in [0.15, 0.2) is 80.0 Å². The predicted molar refractivity (Wildman–Crippen MR) is 106 cm³/mol. The van der Waals surface area contributed by atoms with Crippen molar-refractivity contribution in [3.63, 3.8) is 0 Å². The van der Waals surface area contributed by atoms with Crippen molar-refractivity contribution in [2.75, 3.05) is 11.4 Å². The van der Waals surface area contributed by atoms with Crippen molar-refractivity contribution in [1.29, 1.82) is 0 Å². The van der Waals surface area contributed by atoms with E-state index in [0.717, 1.165) is 24.1 Å². The molecule has 1 heteroatoms. The van der Waals surface area contributed by atoms with Crippen molar-refractivity contribution in [3.05, 3.63) is 91.2 Å². The minimum absolute atomic E-state index is 0.208. The van der Waals surface area contributed by atoms with E-state index in [1.165, 1.54) is 28.9 Å². The van der Waals surface area contributed by atoms with E-state index in [2.05, 4.69) is 68.0 Å². The molecule has 24 heavy (non-hydrogen) atoms. The summed E-state index contributed by atoms with van der Waals surface area (Å²) in [6.45, 7) is 16.0. The lowest BCUT2D eigenvalue weighted by atomic mass is 9.86. The molecule has 2 aromatic rings. The average Bonchev–Trinajstić information content (AvgIpc) is 3.06. The molecule has 0 amide bonds. The third-order valence-electron chi connectivity index (χ3n) is 4.97. The highest BCUT2D eigenvalue weighted by Gasteiger charge is 2.18. The van der Waals surface area contributed by atoms with Gasteiger partial charge < -0.3 is 4.90 Å². The van der Waals surface area contributed by atoms with Gasteiger partial charge in [-0.1, -0.05) is 69.1 Å². The van der Waals surface area contributed by atoms with E-state index in [1.54, 1.807) is 0 Å². The quantitative estimate of drug-likeness (QED) is 0.638. The second-order valence-electron chi connectivity index (χ2n) is 6.51. The van der Waals surface area contributed by atoms with Gasteiger partial charge in [-0.2, -0.15) is 0 Å². The third kappa shape index (κ3) is 3.21. The second-order valence-corrected chi connectivity index (χ2v) is 6.51. The fourth-order valence-corrected chi connectivity index (χ4v) is 3.26. The largest absolute Gasteiger partial charge is 0.346 e. The van der Waals surface area contributed by atoms with Crippen LogP contribution in [0.3, 0.4) is 0 Å². The molecule has 1 nitrogen and oxygen atoms in total. The van der Waals surface area contributed by atoms with Crippen LogP contribution in [0, 0.1) is 5.92 Å². The van der Waals surface area contributed by atoms with E-state index >= 15 is 0 Å². The molecule has 0 saturated carbocycles. The lowest BCUT2D eigenvalue weighted by Gasteiger charge is -2.21. The van der Waals surface area contributed by atoms with Crippen LogP contribution in [0.25, 0.3) is 11.1 Å². The summed E-state index contributed by atoms with van der Waals surface area (Å²) in [4.78, 5) is 2.30. The molecule has 1 aliphatic rings. The van der Waals surface area contributed by atoms with Gasteiger partial charge in [0.25, 0.3) is 0 Å². The maximum absolute atomic E-state index is 4.32. The zero-order chi connectivity index (χ0) is 17.1. The molecule has 1 saturated heterocycles. The van der Waals surface area contributed by atoms with E-state index in [4.69, 9.17) is 0 Å². The van der Waals surface area contributed by atoms with Gasteiger partial charge in [0, 0.05) is 23.8 Å².